The number of anilines is 1. The number of aryl methyl sites for hydroxylation is 2. The van der Waals surface area contributed by atoms with Crippen LogP contribution in [-0.2, 0) is 12.8 Å². The number of nitrogens with zero attached hydrogens (tertiary/aromatic N) is 1. The van der Waals surface area contributed by atoms with E-state index in [2.05, 4.69) is 30.1 Å². The van der Waals surface area contributed by atoms with Gasteiger partial charge in [-0.2, -0.15) is 0 Å². The van der Waals surface area contributed by atoms with Crippen LogP contribution in [0.2, 0.25) is 0 Å². The quantitative estimate of drug-likeness (QED) is 0.825. The van der Waals surface area contributed by atoms with Crippen LogP contribution in [0, 0.1) is 6.92 Å². The van der Waals surface area contributed by atoms with Crippen molar-refractivity contribution in [1.29, 1.82) is 0 Å². The van der Waals surface area contributed by atoms with Crippen molar-refractivity contribution in [3.8, 4) is 0 Å². The lowest BCUT2D eigenvalue weighted by molar-refractivity contribution is 1.13. The standard InChI is InChI=1S/C13H16N2S/c1-3-10-4-5-11(13(14)6-10)7-12-8-15-9(2)16-12/h4-6,8H,3,7,14H2,1-2H3. The fourth-order valence-corrected chi connectivity index (χ4v) is 2.52. The molecule has 2 aromatic rings. The molecule has 3 heteroatoms. The van der Waals surface area contributed by atoms with Gasteiger partial charge in [0.05, 0.1) is 5.01 Å². The van der Waals surface area contributed by atoms with E-state index in [9.17, 15) is 0 Å². The molecule has 0 unspecified atom stereocenters. The van der Waals surface area contributed by atoms with Crippen molar-refractivity contribution >= 4 is 17.0 Å². The molecule has 0 atom stereocenters. The molecule has 84 valence electrons. The molecule has 1 heterocycles. The first-order chi connectivity index (χ1) is 7.69. The van der Waals surface area contributed by atoms with E-state index in [1.54, 1.807) is 11.3 Å². The van der Waals surface area contributed by atoms with E-state index < -0.39 is 0 Å². The molecular formula is C13H16N2S. The van der Waals surface area contributed by atoms with Crippen molar-refractivity contribution < 1.29 is 0 Å². The van der Waals surface area contributed by atoms with Gasteiger partial charge in [-0.05, 0) is 30.5 Å². The third kappa shape index (κ3) is 2.42. The molecule has 0 aliphatic heterocycles. The van der Waals surface area contributed by atoms with E-state index in [1.807, 2.05) is 13.1 Å². The van der Waals surface area contributed by atoms with Gasteiger partial charge in [0.1, 0.15) is 0 Å². The molecule has 0 bridgehead atoms. The summed E-state index contributed by atoms with van der Waals surface area (Å²) in [7, 11) is 0. The second-order valence-electron chi connectivity index (χ2n) is 3.91. The number of hydrogen-bond donors (Lipinski definition) is 1. The number of rotatable bonds is 3. The lowest BCUT2D eigenvalue weighted by Crippen LogP contribution is -1.96. The van der Waals surface area contributed by atoms with Crippen LogP contribution in [0.3, 0.4) is 0 Å². The zero-order valence-corrected chi connectivity index (χ0v) is 10.5. The molecule has 0 radical (unpaired) electrons. The van der Waals surface area contributed by atoms with Gasteiger partial charge in [0, 0.05) is 23.2 Å². The highest BCUT2D eigenvalue weighted by atomic mass is 32.1. The summed E-state index contributed by atoms with van der Waals surface area (Å²) >= 11 is 1.73. The third-order valence-electron chi connectivity index (χ3n) is 2.65. The molecule has 0 spiro atoms. The molecule has 0 aliphatic rings. The minimum Gasteiger partial charge on any atom is -0.398 e. The SMILES string of the molecule is CCc1ccc(Cc2cnc(C)s2)c(N)c1. The van der Waals surface area contributed by atoms with Gasteiger partial charge in [0.2, 0.25) is 0 Å². The van der Waals surface area contributed by atoms with Gasteiger partial charge in [-0.1, -0.05) is 19.1 Å². The van der Waals surface area contributed by atoms with Gasteiger partial charge in [-0.3, -0.25) is 0 Å². The molecule has 2 nitrogen and oxygen atoms in total. The summed E-state index contributed by atoms with van der Waals surface area (Å²) in [4.78, 5) is 5.53. The van der Waals surface area contributed by atoms with Crippen molar-refractivity contribution in [3.63, 3.8) is 0 Å². The topological polar surface area (TPSA) is 38.9 Å². The molecule has 0 saturated carbocycles. The maximum atomic E-state index is 6.04. The third-order valence-corrected chi connectivity index (χ3v) is 3.57. The maximum absolute atomic E-state index is 6.04. The van der Waals surface area contributed by atoms with Crippen LogP contribution in [-0.4, -0.2) is 4.98 Å². The first-order valence-corrected chi connectivity index (χ1v) is 6.29. The first kappa shape index (κ1) is 11.1. The van der Waals surface area contributed by atoms with E-state index in [4.69, 9.17) is 5.73 Å². The summed E-state index contributed by atoms with van der Waals surface area (Å²) in [6.07, 6.45) is 3.86. The Morgan fingerprint density at radius 3 is 2.75 bits per heavy atom. The molecule has 0 aliphatic carbocycles. The summed E-state index contributed by atoms with van der Waals surface area (Å²) in [5.41, 5.74) is 9.42. The van der Waals surface area contributed by atoms with Crippen molar-refractivity contribution in [1.82, 2.24) is 4.98 Å². The second kappa shape index (κ2) is 4.66. The Bertz CT molecular complexity index is 488. The highest BCUT2D eigenvalue weighted by molar-refractivity contribution is 7.11. The van der Waals surface area contributed by atoms with Crippen LogP contribution >= 0.6 is 11.3 Å². The normalized spacial score (nSPS) is 10.6. The zero-order chi connectivity index (χ0) is 11.5. The number of nitrogens with two attached hydrogens (primary N) is 1. The highest BCUT2D eigenvalue weighted by Gasteiger charge is 2.04. The van der Waals surface area contributed by atoms with E-state index in [0.717, 1.165) is 23.5 Å². The number of nitrogen functional groups attached to an aromatic ring is 1. The monoisotopic (exact) mass is 232 g/mol. The highest BCUT2D eigenvalue weighted by Crippen LogP contribution is 2.21. The van der Waals surface area contributed by atoms with Crippen molar-refractivity contribution in [2.45, 2.75) is 26.7 Å². The molecular weight excluding hydrogens is 216 g/mol. The van der Waals surface area contributed by atoms with Crippen LogP contribution in [0.15, 0.2) is 24.4 Å². The largest absolute Gasteiger partial charge is 0.398 e. The van der Waals surface area contributed by atoms with Gasteiger partial charge in [-0.25, -0.2) is 4.98 Å². The molecule has 2 N–H and O–H groups in total. The predicted molar refractivity (Wildman–Crippen MR) is 69.9 cm³/mol. The Hall–Kier alpha value is -1.35. The molecule has 16 heavy (non-hydrogen) atoms. The molecule has 0 fully saturated rings. The molecule has 1 aromatic heterocycles. The molecule has 0 amide bonds. The van der Waals surface area contributed by atoms with Crippen molar-refractivity contribution in [3.05, 3.63) is 45.4 Å². The summed E-state index contributed by atoms with van der Waals surface area (Å²) in [5.74, 6) is 0. The number of aromatic nitrogens is 1. The van der Waals surface area contributed by atoms with Gasteiger partial charge in [0.15, 0.2) is 0 Å². The van der Waals surface area contributed by atoms with E-state index >= 15 is 0 Å². The van der Waals surface area contributed by atoms with Gasteiger partial charge in [0.25, 0.3) is 0 Å². The Morgan fingerprint density at radius 1 is 1.38 bits per heavy atom. The smallest absolute Gasteiger partial charge is 0.0896 e. The van der Waals surface area contributed by atoms with Gasteiger partial charge < -0.3 is 5.73 Å². The minimum atomic E-state index is 0.890. The Balaban J connectivity index is 2.21. The van der Waals surface area contributed by atoms with E-state index in [0.29, 0.717) is 0 Å². The van der Waals surface area contributed by atoms with Crippen LogP contribution < -0.4 is 5.73 Å². The fraction of sp³-hybridized carbons (Fsp3) is 0.308. The molecule has 0 saturated heterocycles. The van der Waals surface area contributed by atoms with E-state index in [-0.39, 0.29) is 0 Å². The lowest BCUT2D eigenvalue weighted by Gasteiger charge is -2.05. The summed E-state index contributed by atoms with van der Waals surface area (Å²) < 4.78 is 0. The minimum absolute atomic E-state index is 0.890. The summed E-state index contributed by atoms with van der Waals surface area (Å²) in [5, 5.41) is 1.11. The average molecular weight is 232 g/mol. The fourth-order valence-electron chi connectivity index (χ4n) is 1.70. The van der Waals surface area contributed by atoms with Crippen molar-refractivity contribution in [2.75, 3.05) is 5.73 Å². The molecule has 1 aromatic carbocycles. The Kier molecular flexibility index (Phi) is 3.25. The number of hydrogen-bond acceptors (Lipinski definition) is 3. The predicted octanol–water partition coefficient (Wildman–Crippen LogP) is 3.19. The average Bonchev–Trinajstić information content (AvgIpc) is 2.67. The van der Waals surface area contributed by atoms with Crippen LogP contribution in [0.1, 0.15) is 27.9 Å². The van der Waals surface area contributed by atoms with Gasteiger partial charge in [-0.15, -0.1) is 11.3 Å². The number of thiazole rings is 1. The van der Waals surface area contributed by atoms with Crippen molar-refractivity contribution in [2.24, 2.45) is 0 Å². The second-order valence-corrected chi connectivity index (χ2v) is 5.23. The maximum Gasteiger partial charge on any atom is 0.0896 e. The Morgan fingerprint density at radius 2 is 2.19 bits per heavy atom. The Labute approximate surface area is 100 Å². The zero-order valence-electron chi connectivity index (χ0n) is 9.66. The summed E-state index contributed by atoms with van der Waals surface area (Å²) in [6, 6.07) is 6.35. The van der Waals surface area contributed by atoms with Crippen LogP contribution in [0.4, 0.5) is 5.69 Å². The van der Waals surface area contributed by atoms with E-state index in [1.165, 1.54) is 16.0 Å². The first-order valence-electron chi connectivity index (χ1n) is 5.47. The number of benzene rings is 1. The molecule has 2 rings (SSSR count). The lowest BCUT2D eigenvalue weighted by atomic mass is 10.0. The van der Waals surface area contributed by atoms with Crippen LogP contribution in [0.25, 0.3) is 0 Å². The summed E-state index contributed by atoms with van der Waals surface area (Å²) in [6.45, 7) is 4.17. The van der Waals surface area contributed by atoms with Crippen LogP contribution in [0.5, 0.6) is 0 Å². The van der Waals surface area contributed by atoms with Gasteiger partial charge >= 0.3 is 0 Å².